The van der Waals surface area contributed by atoms with Crippen molar-refractivity contribution in [2.24, 2.45) is 0 Å². The number of nitrogen functional groups attached to an aromatic ring is 1. The Morgan fingerprint density at radius 1 is 1.56 bits per heavy atom. The van der Waals surface area contributed by atoms with E-state index in [-0.39, 0.29) is 5.91 Å². The average molecular weight is 262 g/mol. The summed E-state index contributed by atoms with van der Waals surface area (Å²) in [5, 5.41) is 2.94. The van der Waals surface area contributed by atoms with E-state index in [1.54, 1.807) is 35.4 Å². The molecule has 2 heterocycles. The van der Waals surface area contributed by atoms with E-state index >= 15 is 0 Å². The fraction of sp³-hybridized carbons (Fsp3) is 0.250. The van der Waals surface area contributed by atoms with Gasteiger partial charge in [0.05, 0.1) is 17.2 Å². The van der Waals surface area contributed by atoms with Gasteiger partial charge in [-0.3, -0.25) is 9.78 Å². The number of rotatable bonds is 3. The Bertz CT molecular complexity index is 567. The first-order chi connectivity index (χ1) is 8.56. The molecule has 0 fully saturated rings. The van der Waals surface area contributed by atoms with Crippen molar-refractivity contribution in [3.8, 4) is 0 Å². The summed E-state index contributed by atoms with van der Waals surface area (Å²) in [6, 6.07) is 3.23. The smallest absolute Gasteiger partial charge is 0.272 e. The Labute approximate surface area is 109 Å². The first-order valence-corrected chi connectivity index (χ1v) is 6.32. The zero-order chi connectivity index (χ0) is 13.1. The lowest BCUT2D eigenvalue weighted by Crippen LogP contribution is -2.27. The Morgan fingerprint density at radius 3 is 2.94 bits per heavy atom. The molecular formula is C12H14N4OS. The van der Waals surface area contributed by atoms with Gasteiger partial charge in [-0.1, -0.05) is 0 Å². The topological polar surface area (TPSA) is 72.1 Å². The molecule has 0 aliphatic rings. The number of pyridine rings is 1. The van der Waals surface area contributed by atoms with Crippen molar-refractivity contribution in [1.82, 2.24) is 14.9 Å². The van der Waals surface area contributed by atoms with Crippen molar-refractivity contribution in [3.63, 3.8) is 0 Å². The van der Waals surface area contributed by atoms with Gasteiger partial charge in [0.15, 0.2) is 0 Å². The molecule has 5 nitrogen and oxygen atoms in total. The molecule has 2 rings (SSSR count). The highest BCUT2D eigenvalue weighted by atomic mass is 32.1. The van der Waals surface area contributed by atoms with Crippen LogP contribution in [0, 0.1) is 6.92 Å². The van der Waals surface area contributed by atoms with E-state index < -0.39 is 0 Å². The lowest BCUT2D eigenvalue weighted by Gasteiger charge is -2.15. The van der Waals surface area contributed by atoms with Crippen LogP contribution >= 0.6 is 11.3 Å². The van der Waals surface area contributed by atoms with Crippen LogP contribution in [0.4, 0.5) is 5.69 Å². The number of hydrogen-bond acceptors (Lipinski definition) is 5. The highest BCUT2D eigenvalue weighted by Gasteiger charge is 2.14. The van der Waals surface area contributed by atoms with Gasteiger partial charge in [0.25, 0.3) is 5.91 Å². The summed E-state index contributed by atoms with van der Waals surface area (Å²) in [6.07, 6.45) is 1.53. The predicted octanol–water partition coefficient (Wildman–Crippen LogP) is 1.70. The Kier molecular flexibility index (Phi) is 3.57. The predicted molar refractivity (Wildman–Crippen MR) is 71.3 cm³/mol. The number of anilines is 1. The van der Waals surface area contributed by atoms with Crippen LogP contribution in [0.1, 0.15) is 21.2 Å². The summed E-state index contributed by atoms with van der Waals surface area (Å²) in [4.78, 5) is 22.0. The summed E-state index contributed by atoms with van der Waals surface area (Å²) in [5.74, 6) is -0.159. The quantitative estimate of drug-likeness (QED) is 0.913. The SMILES string of the molecule is Cc1nc(CN(C)C(=O)c2cc(N)ccn2)cs1. The normalized spacial score (nSPS) is 10.3. The van der Waals surface area contributed by atoms with Crippen molar-refractivity contribution >= 4 is 22.9 Å². The second-order valence-corrected chi connectivity index (χ2v) is 5.06. The molecule has 0 unspecified atom stereocenters. The van der Waals surface area contributed by atoms with Gasteiger partial charge < -0.3 is 10.6 Å². The molecular weight excluding hydrogens is 248 g/mol. The molecule has 2 N–H and O–H groups in total. The van der Waals surface area contributed by atoms with Crippen LogP contribution in [0.25, 0.3) is 0 Å². The standard InChI is InChI=1S/C12H14N4OS/c1-8-15-10(7-18-8)6-16(2)12(17)11-5-9(13)3-4-14-11/h3-5,7H,6H2,1-2H3,(H2,13,14). The lowest BCUT2D eigenvalue weighted by molar-refractivity contribution is 0.0778. The number of nitrogens with zero attached hydrogens (tertiary/aromatic N) is 3. The van der Waals surface area contributed by atoms with Gasteiger partial charge >= 0.3 is 0 Å². The molecule has 94 valence electrons. The molecule has 2 aromatic heterocycles. The molecule has 0 saturated carbocycles. The third-order valence-corrected chi connectivity index (χ3v) is 3.24. The highest BCUT2D eigenvalue weighted by molar-refractivity contribution is 7.09. The second kappa shape index (κ2) is 5.14. The maximum atomic E-state index is 12.1. The van der Waals surface area contributed by atoms with E-state index in [1.165, 1.54) is 6.20 Å². The molecule has 0 spiro atoms. The van der Waals surface area contributed by atoms with Crippen LogP contribution in [0.2, 0.25) is 0 Å². The molecule has 1 amide bonds. The van der Waals surface area contributed by atoms with Crippen LogP contribution in [0.3, 0.4) is 0 Å². The van der Waals surface area contributed by atoms with E-state index in [2.05, 4.69) is 9.97 Å². The van der Waals surface area contributed by atoms with Gasteiger partial charge in [-0.05, 0) is 19.1 Å². The zero-order valence-corrected chi connectivity index (χ0v) is 11.1. The van der Waals surface area contributed by atoms with Crippen molar-refractivity contribution in [2.75, 3.05) is 12.8 Å². The van der Waals surface area contributed by atoms with Gasteiger partial charge in [-0.25, -0.2) is 4.98 Å². The van der Waals surface area contributed by atoms with Crippen molar-refractivity contribution in [3.05, 3.63) is 40.1 Å². The van der Waals surface area contributed by atoms with Crippen LogP contribution in [0.15, 0.2) is 23.7 Å². The monoisotopic (exact) mass is 262 g/mol. The van der Waals surface area contributed by atoms with E-state index in [0.717, 1.165) is 10.7 Å². The van der Waals surface area contributed by atoms with Gasteiger partial charge in [-0.15, -0.1) is 11.3 Å². The second-order valence-electron chi connectivity index (χ2n) is 3.99. The van der Waals surface area contributed by atoms with E-state index in [9.17, 15) is 4.79 Å². The van der Waals surface area contributed by atoms with E-state index in [4.69, 9.17) is 5.73 Å². The van der Waals surface area contributed by atoms with Crippen molar-refractivity contribution < 1.29 is 4.79 Å². The van der Waals surface area contributed by atoms with Gasteiger partial charge in [0.2, 0.25) is 0 Å². The van der Waals surface area contributed by atoms with Crippen molar-refractivity contribution in [2.45, 2.75) is 13.5 Å². The maximum Gasteiger partial charge on any atom is 0.272 e. The summed E-state index contributed by atoms with van der Waals surface area (Å²) < 4.78 is 0. The number of thiazole rings is 1. The largest absolute Gasteiger partial charge is 0.399 e. The Morgan fingerprint density at radius 2 is 2.33 bits per heavy atom. The van der Waals surface area contributed by atoms with Gasteiger partial charge in [0.1, 0.15) is 5.69 Å². The third-order valence-electron chi connectivity index (χ3n) is 2.42. The number of aryl methyl sites for hydroxylation is 1. The minimum Gasteiger partial charge on any atom is -0.399 e. The first-order valence-electron chi connectivity index (χ1n) is 5.44. The number of aromatic nitrogens is 2. The summed E-state index contributed by atoms with van der Waals surface area (Å²) in [6.45, 7) is 2.41. The molecule has 0 saturated heterocycles. The molecule has 0 aromatic carbocycles. The zero-order valence-electron chi connectivity index (χ0n) is 10.3. The Balaban J connectivity index is 2.09. The van der Waals surface area contributed by atoms with Gasteiger partial charge in [0, 0.05) is 24.3 Å². The molecule has 6 heteroatoms. The average Bonchev–Trinajstić information content (AvgIpc) is 2.73. The van der Waals surface area contributed by atoms with Crippen LogP contribution in [0.5, 0.6) is 0 Å². The molecule has 0 bridgehead atoms. The van der Waals surface area contributed by atoms with E-state index in [0.29, 0.717) is 17.9 Å². The molecule has 0 radical (unpaired) electrons. The van der Waals surface area contributed by atoms with Crippen LogP contribution < -0.4 is 5.73 Å². The summed E-state index contributed by atoms with van der Waals surface area (Å²) >= 11 is 1.57. The number of nitrogens with two attached hydrogens (primary N) is 1. The fourth-order valence-corrected chi connectivity index (χ4v) is 2.16. The highest BCUT2D eigenvalue weighted by Crippen LogP contribution is 2.12. The maximum absolute atomic E-state index is 12.1. The fourth-order valence-electron chi connectivity index (χ4n) is 1.56. The van der Waals surface area contributed by atoms with Gasteiger partial charge in [-0.2, -0.15) is 0 Å². The summed E-state index contributed by atoms with van der Waals surface area (Å²) in [5.41, 5.74) is 7.40. The Hall–Kier alpha value is -1.95. The number of hydrogen-bond donors (Lipinski definition) is 1. The minimum absolute atomic E-state index is 0.159. The van der Waals surface area contributed by atoms with Crippen LogP contribution in [-0.2, 0) is 6.54 Å². The molecule has 0 aliphatic heterocycles. The van der Waals surface area contributed by atoms with E-state index in [1.807, 2.05) is 12.3 Å². The number of carbonyl (C=O) groups is 1. The third kappa shape index (κ3) is 2.84. The summed E-state index contributed by atoms with van der Waals surface area (Å²) in [7, 11) is 1.72. The molecule has 0 aliphatic carbocycles. The number of carbonyl (C=O) groups excluding carboxylic acids is 1. The first kappa shape index (κ1) is 12.5. The molecule has 18 heavy (non-hydrogen) atoms. The van der Waals surface area contributed by atoms with Crippen LogP contribution in [-0.4, -0.2) is 27.8 Å². The number of amides is 1. The molecule has 2 aromatic rings. The van der Waals surface area contributed by atoms with Crippen molar-refractivity contribution in [1.29, 1.82) is 0 Å². The lowest BCUT2D eigenvalue weighted by atomic mass is 10.3. The molecule has 0 atom stereocenters. The minimum atomic E-state index is -0.159.